The van der Waals surface area contributed by atoms with Crippen LogP contribution in [0.1, 0.15) is 11.1 Å². The van der Waals surface area contributed by atoms with E-state index in [0.717, 1.165) is 16.3 Å². The van der Waals surface area contributed by atoms with Crippen molar-refractivity contribution in [2.45, 2.75) is 17.9 Å². The van der Waals surface area contributed by atoms with Crippen molar-refractivity contribution in [1.29, 1.82) is 0 Å². The summed E-state index contributed by atoms with van der Waals surface area (Å²) in [6.45, 7) is 0.859. The van der Waals surface area contributed by atoms with E-state index in [1.165, 1.54) is 45.0 Å². The number of carbonyl (C=O) groups excluding carboxylic acids is 1. The molecule has 1 amide bonds. The number of nitrogens with zero attached hydrogens (tertiary/aromatic N) is 2. The number of benzene rings is 2. The Kier molecular flexibility index (Phi) is 5.90. The molecule has 1 aliphatic rings. The van der Waals surface area contributed by atoms with Gasteiger partial charge in [0.05, 0.1) is 25.7 Å². The molecule has 0 bridgehead atoms. The summed E-state index contributed by atoms with van der Waals surface area (Å²) in [6.07, 6.45) is 0.772. The van der Waals surface area contributed by atoms with E-state index in [1.54, 1.807) is 4.90 Å². The van der Waals surface area contributed by atoms with Crippen LogP contribution in [0.3, 0.4) is 0 Å². The number of ether oxygens (including phenoxy) is 2. The van der Waals surface area contributed by atoms with Gasteiger partial charge in [-0.3, -0.25) is 4.79 Å². The van der Waals surface area contributed by atoms with Crippen molar-refractivity contribution in [2.24, 2.45) is 0 Å². The Labute approximate surface area is 165 Å². The predicted octanol–water partition coefficient (Wildman–Crippen LogP) is 1.91. The zero-order valence-electron chi connectivity index (χ0n) is 16.2. The number of hydrogen-bond donors (Lipinski definition) is 0. The van der Waals surface area contributed by atoms with Crippen LogP contribution in [0.2, 0.25) is 0 Å². The highest BCUT2D eigenvalue weighted by Crippen LogP contribution is 2.30. The Morgan fingerprint density at radius 3 is 2.43 bits per heavy atom. The van der Waals surface area contributed by atoms with Gasteiger partial charge in [-0.05, 0) is 29.7 Å². The van der Waals surface area contributed by atoms with Gasteiger partial charge >= 0.3 is 0 Å². The minimum Gasteiger partial charge on any atom is -0.493 e. The van der Waals surface area contributed by atoms with Gasteiger partial charge in [0.15, 0.2) is 11.5 Å². The molecule has 0 saturated carbocycles. The molecule has 0 radical (unpaired) electrons. The maximum Gasteiger partial charge on any atom is 0.243 e. The minimum absolute atomic E-state index is 0.0458. The van der Waals surface area contributed by atoms with E-state index in [-0.39, 0.29) is 17.3 Å². The molecule has 0 aromatic heterocycles. The van der Waals surface area contributed by atoms with Gasteiger partial charge in [-0.15, -0.1) is 0 Å². The first-order valence-corrected chi connectivity index (χ1v) is 10.3. The fourth-order valence-electron chi connectivity index (χ4n) is 3.24. The largest absolute Gasteiger partial charge is 0.493 e. The first-order valence-electron chi connectivity index (χ1n) is 8.89. The molecule has 8 heteroatoms. The van der Waals surface area contributed by atoms with Gasteiger partial charge in [-0.1, -0.05) is 24.3 Å². The first-order chi connectivity index (χ1) is 13.4. The van der Waals surface area contributed by atoms with Gasteiger partial charge in [-0.25, -0.2) is 8.42 Å². The molecule has 0 unspecified atom stereocenters. The van der Waals surface area contributed by atoms with Gasteiger partial charge < -0.3 is 14.4 Å². The van der Waals surface area contributed by atoms with Gasteiger partial charge in [-0.2, -0.15) is 4.31 Å². The van der Waals surface area contributed by atoms with Gasteiger partial charge in [0.2, 0.25) is 15.9 Å². The lowest BCUT2D eigenvalue weighted by atomic mass is 10.00. The minimum atomic E-state index is -3.84. The predicted molar refractivity (Wildman–Crippen MR) is 105 cm³/mol. The quantitative estimate of drug-likeness (QED) is 0.735. The van der Waals surface area contributed by atoms with Gasteiger partial charge in [0, 0.05) is 26.2 Å². The van der Waals surface area contributed by atoms with Crippen LogP contribution in [0.4, 0.5) is 0 Å². The molecule has 2 aromatic carbocycles. The Morgan fingerprint density at radius 1 is 1.07 bits per heavy atom. The molecule has 0 spiro atoms. The van der Waals surface area contributed by atoms with E-state index in [2.05, 4.69) is 6.07 Å². The third-order valence-electron chi connectivity index (χ3n) is 4.90. The number of carbonyl (C=O) groups is 1. The summed E-state index contributed by atoms with van der Waals surface area (Å²) in [5.74, 6) is 0.532. The van der Waals surface area contributed by atoms with Crippen LogP contribution in [-0.2, 0) is 27.8 Å². The summed E-state index contributed by atoms with van der Waals surface area (Å²) in [7, 11) is 0.484. The number of rotatable bonds is 6. The lowest BCUT2D eigenvalue weighted by molar-refractivity contribution is -0.132. The zero-order valence-corrected chi connectivity index (χ0v) is 17.0. The molecule has 0 atom stereocenters. The molecule has 0 aliphatic carbocycles. The SMILES string of the molecule is COc1ccc(S(=O)(=O)N(C)CC(=O)N2CCc3ccccc3C2)cc1OC. The Morgan fingerprint density at radius 2 is 1.75 bits per heavy atom. The summed E-state index contributed by atoms with van der Waals surface area (Å²) in [5.41, 5.74) is 2.34. The second-order valence-corrected chi connectivity index (χ2v) is 8.66. The van der Waals surface area contributed by atoms with Crippen LogP contribution in [0.15, 0.2) is 47.4 Å². The Bertz CT molecular complexity index is 974. The van der Waals surface area contributed by atoms with E-state index >= 15 is 0 Å². The van der Waals surface area contributed by atoms with E-state index in [1.807, 2.05) is 18.2 Å². The fraction of sp³-hybridized carbons (Fsp3) is 0.350. The van der Waals surface area contributed by atoms with Crippen LogP contribution in [-0.4, -0.2) is 57.9 Å². The third kappa shape index (κ3) is 3.98. The molecule has 28 heavy (non-hydrogen) atoms. The highest BCUT2D eigenvalue weighted by Gasteiger charge is 2.27. The second kappa shape index (κ2) is 8.20. The number of methoxy groups -OCH3 is 2. The zero-order chi connectivity index (χ0) is 20.3. The third-order valence-corrected chi connectivity index (χ3v) is 6.70. The summed E-state index contributed by atoms with van der Waals surface area (Å²) in [4.78, 5) is 14.4. The van der Waals surface area contributed by atoms with Crippen molar-refractivity contribution in [3.63, 3.8) is 0 Å². The van der Waals surface area contributed by atoms with Crippen LogP contribution in [0.5, 0.6) is 11.5 Å². The lowest BCUT2D eigenvalue weighted by Crippen LogP contribution is -2.43. The molecule has 0 saturated heterocycles. The number of fused-ring (bicyclic) bond motifs is 1. The van der Waals surface area contributed by atoms with Crippen molar-refractivity contribution in [3.8, 4) is 11.5 Å². The Hall–Kier alpha value is -2.58. The number of sulfonamides is 1. The van der Waals surface area contributed by atoms with Crippen LogP contribution in [0.25, 0.3) is 0 Å². The first kappa shape index (κ1) is 20.2. The highest BCUT2D eigenvalue weighted by molar-refractivity contribution is 7.89. The number of hydrogen-bond acceptors (Lipinski definition) is 5. The molecule has 7 nitrogen and oxygen atoms in total. The standard InChI is InChI=1S/C20H24N2O5S/c1-21(28(24,25)17-8-9-18(26-2)19(12-17)27-3)14-20(23)22-11-10-15-6-4-5-7-16(15)13-22/h4-9,12H,10-11,13-14H2,1-3H3. The number of likely N-dealkylation sites (N-methyl/N-ethyl adjacent to an activating group) is 1. The summed E-state index contributed by atoms with van der Waals surface area (Å²) in [5, 5.41) is 0. The maximum absolute atomic E-state index is 12.9. The second-order valence-electron chi connectivity index (χ2n) is 6.61. The highest BCUT2D eigenvalue weighted by atomic mass is 32.2. The van der Waals surface area contributed by atoms with E-state index in [4.69, 9.17) is 9.47 Å². The van der Waals surface area contributed by atoms with Crippen molar-refractivity contribution in [3.05, 3.63) is 53.6 Å². The average molecular weight is 404 g/mol. The lowest BCUT2D eigenvalue weighted by Gasteiger charge is -2.30. The van der Waals surface area contributed by atoms with Crippen molar-refractivity contribution < 1.29 is 22.7 Å². The molecule has 0 fully saturated rings. The molecule has 2 aromatic rings. The van der Waals surface area contributed by atoms with E-state index < -0.39 is 10.0 Å². The monoisotopic (exact) mass is 404 g/mol. The van der Waals surface area contributed by atoms with Gasteiger partial charge in [0.1, 0.15) is 0 Å². The molecule has 1 aliphatic heterocycles. The molecule has 1 heterocycles. The summed E-state index contributed by atoms with van der Waals surface area (Å²) < 4.78 is 37.1. The van der Waals surface area contributed by atoms with Crippen molar-refractivity contribution in [1.82, 2.24) is 9.21 Å². The van der Waals surface area contributed by atoms with Crippen LogP contribution < -0.4 is 9.47 Å². The molecule has 150 valence electrons. The van der Waals surface area contributed by atoms with E-state index in [9.17, 15) is 13.2 Å². The summed E-state index contributed by atoms with van der Waals surface area (Å²) in [6, 6.07) is 12.4. The summed E-state index contributed by atoms with van der Waals surface area (Å²) >= 11 is 0. The van der Waals surface area contributed by atoms with Gasteiger partial charge in [0.25, 0.3) is 0 Å². The van der Waals surface area contributed by atoms with Crippen LogP contribution in [0, 0.1) is 0 Å². The molecular formula is C20H24N2O5S. The normalized spacial score (nSPS) is 13.9. The topological polar surface area (TPSA) is 76.2 Å². The van der Waals surface area contributed by atoms with Crippen LogP contribution >= 0.6 is 0 Å². The smallest absolute Gasteiger partial charge is 0.243 e. The average Bonchev–Trinajstić information content (AvgIpc) is 2.72. The maximum atomic E-state index is 12.9. The molecular weight excluding hydrogens is 380 g/mol. The van der Waals surface area contributed by atoms with Crippen molar-refractivity contribution >= 4 is 15.9 Å². The fourth-order valence-corrected chi connectivity index (χ4v) is 4.38. The molecule has 0 N–H and O–H groups in total. The van der Waals surface area contributed by atoms with E-state index in [0.29, 0.717) is 24.6 Å². The van der Waals surface area contributed by atoms with Crippen molar-refractivity contribution in [2.75, 3.05) is 34.4 Å². The molecule has 3 rings (SSSR count). The Balaban J connectivity index is 1.73. The number of amides is 1.